The number of nitrogens with one attached hydrogen (secondary N) is 1. The van der Waals surface area contributed by atoms with Crippen molar-refractivity contribution in [2.24, 2.45) is 0 Å². The highest BCUT2D eigenvalue weighted by atomic mass is 16.5. The summed E-state index contributed by atoms with van der Waals surface area (Å²) in [6.07, 6.45) is 0.552. The maximum absolute atomic E-state index is 11.3. The van der Waals surface area contributed by atoms with Gasteiger partial charge in [-0.05, 0) is 24.6 Å². The number of hydrogen-bond acceptors (Lipinski definition) is 4. The minimum Gasteiger partial charge on any atom is -0.493 e. The first-order chi connectivity index (χ1) is 9.20. The van der Waals surface area contributed by atoms with Gasteiger partial charge in [-0.25, -0.2) is 4.79 Å². The Balaban J connectivity index is 1.76. The molecule has 2 rings (SSSR count). The number of rotatable bonds is 5. The molecule has 98 valence electrons. The molecule has 0 radical (unpaired) electrons. The van der Waals surface area contributed by atoms with E-state index in [0.29, 0.717) is 30.9 Å². The molecule has 1 fully saturated rings. The molecule has 0 aliphatic carbocycles. The molecule has 6 heteroatoms. The quantitative estimate of drug-likeness (QED) is 0.628. The molecule has 1 heterocycles. The van der Waals surface area contributed by atoms with Crippen molar-refractivity contribution in [3.63, 3.8) is 0 Å². The molecular formula is C13H13N3O3. The Morgan fingerprint density at radius 2 is 2.26 bits per heavy atom. The van der Waals surface area contributed by atoms with Crippen LogP contribution in [0.2, 0.25) is 0 Å². The summed E-state index contributed by atoms with van der Waals surface area (Å²) in [5.74, 6) is 0.396. The summed E-state index contributed by atoms with van der Waals surface area (Å²) in [7, 11) is 0. The summed E-state index contributed by atoms with van der Waals surface area (Å²) in [5.41, 5.74) is 0.534. The van der Waals surface area contributed by atoms with E-state index in [4.69, 9.17) is 10.00 Å². The number of nitrogens with zero attached hydrogens (tertiary/aromatic N) is 2. The fourth-order valence-electron chi connectivity index (χ4n) is 1.75. The molecule has 1 aromatic carbocycles. The Morgan fingerprint density at radius 3 is 2.95 bits per heavy atom. The van der Waals surface area contributed by atoms with Crippen LogP contribution < -0.4 is 10.1 Å². The summed E-state index contributed by atoms with van der Waals surface area (Å²) < 4.78 is 5.46. The molecule has 0 spiro atoms. The second kappa shape index (κ2) is 5.87. The monoisotopic (exact) mass is 259 g/mol. The fourth-order valence-corrected chi connectivity index (χ4v) is 1.75. The standard InChI is InChI=1S/C13H13N3O3/c14-8-10-3-1-4-11(7-10)19-6-2-5-16-12(17)9-15-13(16)18/h1,3-4,7H,2,5-6,9H2,(H,15,18). The third-order valence-corrected chi connectivity index (χ3v) is 2.69. The number of urea groups is 1. The topological polar surface area (TPSA) is 82.4 Å². The molecule has 0 bridgehead atoms. The van der Waals surface area contributed by atoms with Crippen LogP contribution in [0.1, 0.15) is 12.0 Å². The minimum absolute atomic E-state index is 0.0733. The summed E-state index contributed by atoms with van der Waals surface area (Å²) >= 11 is 0. The van der Waals surface area contributed by atoms with Gasteiger partial charge in [0.1, 0.15) is 5.75 Å². The predicted octanol–water partition coefficient (Wildman–Crippen LogP) is 0.879. The number of ether oxygens (including phenoxy) is 1. The molecule has 3 amide bonds. The lowest BCUT2D eigenvalue weighted by atomic mass is 10.2. The number of carbonyl (C=O) groups is 2. The van der Waals surface area contributed by atoms with Gasteiger partial charge in [0.05, 0.1) is 24.8 Å². The lowest BCUT2D eigenvalue weighted by Crippen LogP contribution is -2.32. The Bertz CT molecular complexity index is 520. The normalized spacial score (nSPS) is 14.2. The molecule has 1 aliphatic heterocycles. The molecular weight excluding hydrogens is 246 g/mol. The minimum atomic E-state index is -0.350. The van der Waals surface area contributed by atoms with Gasteiger partial charge >= 0.3 is 6.03 Å². The number of carbonyl (C=O) groups excluding carboxylic acids is 2. The first kappa shape index (κ1) is 12.9. The van der Waals surface area contributed by atoms with E-state index in [1.54, 1.807) is 24.3 Å². The van der Waals surface area contributed by atoms with E-state index in [0.717, 1.165) is 0 Å². The number of benzene rings is 1. The van der Waals surface area contributed by atoms with E-state index in [1.165, 1.54) is 4.90 Å². The summed E-state index contributed by atoms with van der Waals surface area (Å²) in [6, 6.07) is 8.52. The predicted molar refractivity (Wildman–Crippen MR) is 66.4 cm³/mol. The molecule has 0 unspecified atom stereocenters. The fraction of sp³-hybridized carbons (Fsp3) is 0.308. The molecule has 0 aromatic heterocycles. The van der Waals surface area contributed by atoms with Crippen LogP contribution in [0, 0.1) is 11.3 Å². The third kappa shape index (κ3) is 3.22. The van der Waals surface area contributed by atoms with Gasteiger partial charge in [-0.3, -0.25) is 9.69 Å². The van der Waals surface area contributed by atoms with E-state index in [9.17, 15) is 9.59 Å². The largest absolute Gasteiger partial charge is 0.493 e. The van der Waals surface area contributed by atoms with Crippen LogP contribution in [-0.4, -0.2) is 36.5 Å². The van der Waals surface area contributed by atoms with E-state index < -0.39 is 0 Å². The van der Waals surface area contributed by atoms with Gasteiger partial charge in [0.15, 0.2) is 0 Å². The third-order valence-electron chi connectivity index (χ3n) is 2.69. The van der Waals surface area contributed by atoms with Crippen LogP contribution in [0.5, 0.6) is 5.75 Å². The molecule has 19 heavy (non-hydrogen) atoms. The maximum Gasteiger partial charge on any atom is 0.324 e. The number of hydrogen-bond donors (Lipinski definition) is 1. The zero-order valence-corrected chi connectivity index (χ0v) is 10.3. The van der Waals surface area contributed by atoms with Crippen molar-refractivity contribution in [1.29, 1.82) is 5.26 Å². The van der Waals surface area contributed by atoms with E-state index in [1.807, 2.05) is 6.07 Å². The Kier molecular flexibility index (Phi) is 3.98. The number of nitriles is 1. The van der Waals surface area contributed by atoms with Gasteiger partial charge in [-0.15, -0.1) is 0 Å². The van der Waals surface area contributed by atoms with Crippen molar-refractivity contribution >= 4 is 11.9 Å². The van der Waals surface area contributed by atoms with Gasteiger partial charge in [0.25, 0.3) is 0 Å². The maximum atomic E-state index is 11.3. The number of amides is 3. The first-order valence-corrected chi connectivity index (χ1v) is 5.92. The Morgan fingerprint density at radius 1 is 1.42 bits per heavy atom. The van der Waals surface area contributed by atoms with Crippen LogP contribution in [0.3, 0.4) is 0 Å². The van der Waals surface area contributed by atoms with Gasteiger partial charge in [0.2, 0.25) is 5.91 Å². The molecule has 1 aromatic rings. The van der Waals surface area contributed by atoms with E-state index in [-0.39, 0.29) is 18.5 Å². The van der Waals surface area contributed by atoms with Crippen LogP contribution in [0.15, 0.2) is 24.3 Å². The van der Waals surface area contributed by atoms with Gasteiger partial charge in [-0.1, -0.05) is 6.07 Å². The highest BCUT2D eigenvalue weighted by Gasteiger charge is 2.27. The highest BCUT2D eigenvalue weighted by molar-refractivity contribution is 6.01. The van der Waals surface area contributed by atoms with Crippen molar-refractivity contribution in [2.45, 2.75) is 6.42 Å². The molecule has 1 N–H and O–H groups in total. The molecule has 1 aliphatic rings. The number of imide groups is 1. The van der Waals surface area contributed by atoms with Crippen molar-refractivity contribution in [3.8, 4) is 11.8 Å². The van der Waals surface area contributed by atoms with Gasteiger partial charge in [0, 0.05) is 6.54 Å². The smallest absolute Gasteiger partial charge is 0.324 e. The lowest BCUT2D eigenvalue weighted by Gasteiger charge is -2.12. The first-order valence-electron chi connectivity index (χ1n) is 5.92. The molecule has 0 saturated carbocycles. The molecule has 6 nitrogen and oxygen atoms in total. The summed E-state index contributed by atoms with van der Waals surface area (Å²) in [4.78, 5) is 23.7. The van der Waals surface area contributed by atoms with Crippen LogP contribution in [0.4, 0.5) is 4.79 Å². The van der Waals surface area contributed by atoms with Crippen molar-refractivity contribution in [2.75, 3.05) is 19.7 Å². The van der Waals surface area contributed by atoms with Gasteiger partial charge in [-0.2, -0.15) is 5.26 Å². The second-order valence-corrected chi connectivity index (χ2v) is 4.05. The lowest BCUT2D eigenvalue weighted by molar-refractivity contribution is -0.125. The van der Waals surface area contributed by atoms with Crippen LogP contribution in [-0.2, 0) is 4.79 Å². The SMILES string of the molecule is N#Cc1cccc(OCCCN2C(=O)CNC2=O)c1. The van der Waals surface area contributed by atoms with E-state index >= 15 is 0 Å². The van der Waals surface area contributed by atoms with E-state index in [2.05, 4.69) is 5.32 Å². The van der Waals surface area contributed by atoms with Crippen molar-refractivity contribution < 1.29 is 14.3 Å². The zero-order valence-electron chi connectivity index (χ0n) is 10.3. The second-order valence-electron chi connectivity index (χ2n) is 4.05. The van der Waals surface area contributed by atoms with Crippen LogP contribution in [0.25, 0.3) is 0 Å². The molecule has 0 atom stereocenters. The summed E-state index contributed by atoms with van der Waals surface area (Å²) in [6.45, 7) is 0.790. The zero-order chi connectivity index (χ0) is 13.7. The summed E-state index contributed by atoms with van der Waals surface area (Å²) in [5, 5.41) is 11.2. The highest BCUT2D eigenvalue weighted by Crippen LogP contribution is 2.12. The Hall–Kier alpha value is -2.55. The average molecular weight is 259 g/mol. The van der Waals surface area contributed by atoms with Crippen molar-refractivity contribution in [1.82, 2.24) is 10.2 Å². The Labute approximate surface area is 110 Å². The average Bonchev–Trinajstić information content (AvgIpc) is 2.75. The van der Waals surface area contributed by atoms with Crippen LogP contribution >= 0.6 is 0 Å². The van der Waals surface area contributed by atoms with Crippen molar-refractivity contribution in [3.05, 3.63) is 29.8 Å². The van der Waals surface area contributed by atoms with Gasteiger partial charge < -0.3 is 10.1 Å². The molecule has 1 saturated heterocycles.